The fourth-order valence-corrected chi connectivity index (χ4v) is 3.48. The molecule has 0 unspecified atom stereocenters. The molecule has 0 aliphatic carbocycles. The fraction of sp³-hybridized carbons (Fsp3) is 0.350. The van der Waals surface area contributed by atoms with E-state index < -0.39 is 0 Å². The summed E-state index contributed by atoms with van der Waals surface area (Å²) in [4.78, 5) is 6.04. The van der Waals surface area contributed by atoms with Crippen LogP contribution in [0.3, 0.4) is 0 Å². The molecular weight excluding hydrogens is 392 g/mol. The lowest BCUT2D eigenvalue weighted by atomic mass is 10.1. The SMILES string of the molecule is Cc1nnc(CN=C(NCCc2ccc(Cl)cc2)NCCc2cccs2)n1C. The second-order valence-electron chi connectivity index (χ2n) is 6.45. The molecule has 0 fully saturated rings. The third kappa shape index (κ3) is 6.07. The summed E-state index contributed by atoms with van der Waals surface area (Å²) in [6.07, 6.45) is 1.87. The third-order valence-electron chi connectivity index (χ3n) is 4.42. The second-order valence-corrected chi connectivity index (χ2v) is 7.92. The normalized spacial score (nSPS) is 11.6. The first-order chi connectivity index (χ1) is 13.6. The van der Waals surface area contributed by atoms with E-state index in [4.69, 9.17) is 11.6 Å². The summed E-state index contributed by atoms with van der Waals surface area (Å²) in [5, 5.41) is 18.0. The number of hydrogen-bond acceptors (Lipinski definition) is 4. The standard InChI is InChI=1S/C20H25ClN6S/c1-15-25-26-19(27(15)2)14-24-20(23-12-10-18-4-3-13-28-18)22-11-9-16-5-7-17(21)8-6-16/h3-8,13H,9-12,14H2,1-2H3,(H2,22,23,24). The highest BCUT2D eigenvalue weighted by Gasteiger charge is 2.05. The summed E-state index contributed by atoms with van der Waals surface area (Å²) in [6.45, 7) is 4.02. The molecule has 8 heteroatoms. The molecule has 28 heavy (non-hydrogen) atoms. The number of thiophene rings is 1. The van der Waals surface area contributed by atoms with Crippen LogP contribution in [0.5, 0.6) is 0 Å². The summed E-state index contributed by atoms with van der Waals surface area (Å²) in [5.41, 5.74) is 1.23. The first-order valence-corrected chi connectivity index (χ1v) is 10.5. The zero-order chi connectivity index (χ0) is 19.8. The zero-order valence-electron chi connectivity index (χ0n) is 16.2. The lowest BCUT2D eigenvalue weighted by Gasteiger charge is -2.12. The topological polar surface area (TPSA) is 67.1 Å². The summed E-state index contributed by atoms with van der Waals surface area (Å²) in [5.74, 6) is 2.51. The van der Waals surface area contributed by atoms with E-state index in [9.17, 15) is 0 Å². The average molecular weight is 417 g/mol. The molecule has 1 aromatic carbocycles. The predicted molar refractivity (Wildman–Crippen MR) is 116 cm³/mol. The summed E-state index contributed by atoms with van der Waals surface area (Å²) in [7, 11) is 1.96. The van der Waals surface area contributed by atoms with Crippen molar-refractivity contribution >= 4 is 28.9 Å². The van der Waals surface area contributed by atoms with Crippen LogP contribution >= 0.6 is 22.9 Å². The van der Waals surface area contributed by atoms with E-state index in [1.807, 2.05) is 42.8 Å². The molecule has 0 aliphatic heterocycles. The van der Waals surface area contributed by atoms with Crippen molar-refractivity contribution in [2.24, 2.45) is 12.0 Å². The van der Waals surface area contributed by atoms with Gasteiger partial charge >= 0.3 is 0 Å². The van der Waals surface area contributed by atoms with E-state index in [1.54, 1.807) is 11.3 Å². The smallest absolute Gasteiger partial charge is 0.191 e. The quantitative estimate of drug-likeness (QED) is 0.436. The monoisotopic (exact) mass is 416 g/mol. The Kier molecular flexibility index (Phi) is 7.45. The van der Waals surface area contributed by atoms with E-state index >= 15 is 0 Å². The Morgan fingerprint density at radius 1 is 1.11 bits per heavy atom. The lowest BCUT2D eigenvalue weighted by Crippen LogP contribution is -2.39. The van der Waals surface area contributed by atoms with Crippen LogP contribution in [0.25, 0.3) is 0 Å². The Hall–Kier alpha value is -2.38. The van der Waals surface area contributed by atoms with Crippen molar-refractivity contribution in [3.05, 3.63) is 68.9 Å². The Morgan fingerprint density at radius 3 is 2.50 bits per heavy atom. The van der Waals surface area contributed by atoms with Crippen molar-refractivity contribution in [3.8, 4) is 0 Å². The number of halogens is 1. The van der Waals surface area contributed by atoms with Gasteiger partial charge in [-0.2, -0.15) is 0 Å². The van der Waals surface area contributed by atoms with Gasteiger partial charge in [-0.3, -0.25) is 0 Å². The van der Waals surface area contributed by atoms with Gasteiger partial charge < -0.3 is 15.2 Å². The van der Waals surface area contributed by atoms with Crippen LogP contribution in [0.15, 0.2) is 46.8 Å². The van der Waals surface area contributed by atoms with E-state index in [0.29, 0.717) is 6.54 Å². The number of guanidine groups is 1. The summed E-state index contributed by atoms with van der Waals surface area (Å²) in [6, 6.07) is 12.2. The average Bonchev–Trinajstić information content (AvgIpc) is 3.32. The predicted octanol–water partition coefficient (Wildman–Crippen LogP) is 3.36. The molecule has 148 valence electrons. The molecule has 0 atom stereocenters. The maximum absolute atomic E-state index is 5.95. The molecule has 0 saturated carbocycles. The number of aliphatic imine (C=N–C) groups is 1. The fourth-order valence-electron chi connectivity index (χ4n) is 2.65. The number of rotatable bonds is 8. The Bertz CT molecular complexity index is 886. The molecule has 6 nitrogen and oxygen atoms in total. The third-order valence-corrected chi connectivity index (χ3v) is 5.61. The Labute approximate surface area is 174 Å². The van der Waals surface area contributed by atoms with Gasteiger partial charge in [0.05, 0.1) is 0 Å². The maximum atomic E-state index is 5.95. The molecule has 2 N–H and O–H groups in total. The van der Waals surface area contributed by atoms with Crippen LogP contribution in [-0.2, 0) is 26.4 Å². The van der Waals surface area contributed by atoms with E-state index in [2.05, 4.69) is 43.3 Å². The molecule has 0 amide bonds. The van der Waals surface area contributed by atoms with Crippen molar-refractivity contribution in [2.75, 3.05) is 13.1 Å². The van der Waals surface area contributed by atoms with Gasteiger partial charge in [0, 0.05) is 30.0 Å². The van der Waals surface area contributed by atoms with Gasteiger partial charge in [0.15, 0.2) is 11.8 Å². The summed E-state index contributed by atoms with van der Waals surface area (Å²) >= 11 is 7.73. The van der Waals surface area contributed by atoms with Gasteiger partial charge in [-0.25, -0.2) is 4.99 Å². The Balaban J connectivity index is 1.56. The molecule has 2 aromatic heterocycles. The minimum Gasteiger partial charge on any atom is -0.356 e. The second kappa shape index (κ2) is 10.2. The van der Waals surface area contributed by atoms with Crippen LogP contribution < -0.4 is 10.6 Å². The minimum absolute atomic E-state index is 0.479. The van der Waals surface area contributed by atoms with Crippen LogP contribution in [0, 0.1) is 6.92 Å². The van der Waals surface area contributed by atoms with Crippen molar-refractivity contribution in [1.29, 1.82) is 0 Å². The van der Waals surface area contributed by atoms with Gasteiger partial charge in [-0.15, -0.1) is 21.5 Å². The zero-order valence-corrected chi connectivity index (χ0v) is 17.7. The van der Waals surface area contributed by atoms with Crippen molar-refractivity contribution in [3.63, 3.8) is 0 Å². The van der Waals surface area contributed by atoms with Gasteiger partial charge in [-0.1, -0.05) is 29.8 Å². The van der Waals surface area contributed by atoms with E-state index in [1.165, 1.54) is 10.4 Å². The molecule has 0 saturated heterocycles. The highest BCUT2D eigenvalue weighted by atomic mass is 35.5. The van der Waals surface area contributed by atoms with E-state index in [0.717, 1.165) is 48.6 Å². The van der Waals surface area contributed by atoms with Gasteiger partial charge in [-0.05, 0) is 48.9 Å². The van der Waals surface area contributed by atoms with Gasteiger partial charge in [0.25, 0.3) is 0 Å². The molecular formula is C20H25ClN6S. The number of nitrogens with zero attached hydrogens (tertiary/aromatic N) is 4. The Morgan fingerprint density at radius 2 is 1.86 bits per heavy atom. The van der Waals surface area contributed by atoms with Crippen LogP contribution in [0.2, 0.25) is 5.02 Å². The van der Waals surface area contributed by atoms with Crippen LogP contribution in [0.1, 0.15) is 22.1 Å². The van der Waals surface area contributed by atoms with Crippen LogP contribution in [-0.4, -0.2) is 33.8 Å². The maximum Gasteiger partial charge on any atom is 0.191 e. The minimum atomic E-state index is 0.479. The number of aryl methyl sites for hydroxylation is 1. The lowest BCUT2D eigenvalue weighted by molar-refractivity contribution is 0.746. The largest absolute Gasteiger partial charge is 0.356 e. The molecule has 3 aromatic rings. The highest BCUT2D eigenvalue weighted by molar-refractivity contribution is 7.09. The van der Waals surface area contributed by atoms with Crippen molar-refractivity contribution < 1.29 is 0 Å². The molecule has 0 bridgehead atoms. The number of benzene rings is 1. The number of hydrogen-bond donors (Lipinski definition) is 2. The number of aromatic nitrogens is 3. The molecule has 0 aliphatic rings. The van der Waals surface area contributed by atoms with Gasteiger partial charge in [0.2, 0.25) is 0 Å². The molecule has 3 rings (SSSR count). The molecule has 2 heterocycles. The molecule has 0 radical (unpaired) electrons. The first kappa shape index (κ1) is 20.4. The van der Waals surface area contributed by atoms with E-state index in [-0.39, 0.29) is 0 Å². The first-order valence-electron chi connectivity index (χ1n) is 9.25. The van der Waals surface area contributed by atoms with Crippen molar-refractivity contribution in [2.45, 2.75) is 26.3 Å². The molecule has 0 spiro atoms. The van der Waals surface area contributed by atoms with Gasteiger partial charge in [0.1, 0.15) is 12.4 Å². The number of nitrogens with one attached hydrogen (secondary N) is 2. The van der Waals surface area contributed by atoms with Crippen molar-refractivity contribution in [1.82, 2.24) is 25.4 Å². The van der Waals surface area contributed by atoms with Crippen LogP contribution in [0.4, 0.5) is 0 Å². The highest BCUT2D eigenvalue weighted by Crippen LogP contribution is 2.10. The summed E-state index contributed by atoms with van der Waals surface area (Å²) < 4.78 is 1.96.